The summed E-state index contributed by atoms with van der Waals surface area (Å²) in [5, 5.41) is 0. The van der Waals surface area contributed by atoms with Crippen LogP contribution >= 0.6 is 0 Å². The van der Waals surface area contributed by atoms with Crippen molar-refractivity contribution >= 4 is 21.3 Å². The third kappa shape index (κ3) is 2.66. The number of nitrogens with two attached hydrogens (primary N) is 1. The lowest BCUT2D eigenvalue weighted by Gasteiger charge is -2.05. The van der Waals surface area contributed by atoms with Gasteiger partial charge in [0.15, 0.2) is 5.78 Å². The van der Waals surface area contributed by atoms with Crippen molar-refractivity contribution in [1.82, 2.24) is 0 Å². The molecule has 2 rings (SSSR count). The van der Waals surface area contributed by atoms with Gasteiger partial charge < -0.3 is 5.73 Å². The molecule has 5 heteroatoms. The van der Waals surface area contributed by atoms with Crippen molar-refractivity contribution < 1.29 is 13.2 Å². The number of anilines is 1. The molecule has 0 saturated carbocycles. The molecule has 0 spiro atoms. The Balaban J connectivity index is 2.44. The summed E-state index contributed by atoms with van der Waals surface area (Å²) in [6, 6.07) is 11.9. The van der Waals surface area contributed by atoms with Crippen molar-refractivity contribution in [2.24, 2.45) is 0 Å². The minimum absolute atomic E-state index is 0.101. The molecule has 0 bridgehead atoms. The summed E-state index contributed by atoms with van der Waals surface area (Å²) in [7, 11) is -3.57. The van der Waals surface area contributed by atoms with E-state index in [1.807, 2.05) is 0 Å². The van der Waals surface area contributed by atoms with E-state index in [0.717, 1.165) is 0 Å². The van der Waals surface area contributed by atoms with Gasteiger partial charge in [0.2, 0.25) is 9.84 Å². The second kappa shape index (κ2) is 4.85. The van der Waals surface area contributed by atoms with Crippen molar-refractivity contribution in [1.29, 1.82) is 0 Å². The Morgan fingerprint density at radius 2 is 1.32 bits per heavy atom. The standard InChI is InChI=1S/C14H13NO3S/c1-10(16)11-2-6-13(7-3-11)19(17,18)14-8-4-12(15)5-9-14/h2-9H,15H2,1H3. The monoisotopic (exact) mass is 275 g/mol. The minimum Gasteiger partial charge on any atom is -0.399 e. The molecule has 0 aliphatic carbocycles. The van der Waals surface area contributed by atoms with Crippen LogP contribution in [0.25, 0.3) is 0 Å². The highest BCUT2D eigenvalue weighted by atomic mass is 32.2. The van der Waals surface area contributed by atoms with Gasteiger partial charge in [0.1, 0.15) is 0 Å². The van der Waals surface area contributed by atoms with E-state index in [1.54, 1.807) is 0 Å². The molecule has 98 valence electrons. The lowest BCUT2D eigenvalue weighted by molar-refractivity contribution is 0.101. The summed E-state index contributed by atoms with van der Waals surface area (Å²) < 4.78 is 24.6. The molecule has 0 fully saturated rings. The van der Waals surface area contributed by atoms with Gasteiger partial charge in [0, 0.05) is 11.3 Å². The Kier molecular flexibility index (Phi) is 3.40. The Morgan fingerprint density at radius 3 is 1.74 bits per heavy atom. The van der Waals surface area contributed by atoms with E-state index in [1.165, 1.54) is 55.5 Å². The van der Waals surface area contributed by atoms with Crippen molar-refractivity contribution in [3.05, 3.63) is 54.1 Å². The van der Waals surface area contributed by atoms with Crippen molar-refractivity contribution in [3.63, 3.8) is 0 Å². The van der Waals surface area contributed by atoms with Crippen LogP contribution < -0.4 is 5.73 Å². The number of ketones is 1. The largest absolute Gasteiger partial charge is 0.399 e. The molecule has 0 saturated heterocycles. The normalized spacial score (nSPS) is 11.2. The van der Waals surface area contributed by atoms with Crippen molar-refractivity contribution in [3.8, 4) is 0 Å². The number of carbonyl (C=O) groups is 1. The first-order chi connectivity index (χ1) is 8.91. The van der Waals surface area contributed by atoms with Crippen LogP contribution in [0.5, 0.6) is 0 Å². The first-order valence-electron chi connectivity index (χ1n) is 5.63. The molecule has 0 aromatic heterocycles. The number of nitrogen functional groups attached to an aromatic ring is 1. The molecular weight excluding hydrogens is 262 g/mol. The van der Waals surface area contributed by atoms with Crippen LogP contribution in [0.3, 0.4) is 0 Å². The zero-order valence-electron chi connectivity index (χ0n) is 10.3. The van der Waals surface area contributed by atoms with Crippen molar-refractivity contribution in [2.45, 2.75) is 16.7 Å². The Morgan fingerprint density at radius 1 is 0.895 bits per heavy atom. The highest BCUT2D eigenvalue weighted by Gasteiger charge is 2.17. The number of hydrogen-bond donors (Lipinski definition) is 1. The maximum atomic E-state index is 12.3. The quantitative estimate of drug-likeness (QED) is 0.688. The van der Waals surface area contributed by atoms with Crippen molar-refractivity contribution in [2.75, 3.05) is 5.73 Å². The third-order valence-electron chi connectivity index (χ3n) is 2.76. The van der Waals surface area contributed by atoms with E-state index in [2.05, 4.69) is 0 Å². The fourth-order valence-electron chi connectivity index (χ4n) is 1.65. The van der Waals surface area contributed by atoms with E-state index < -0.39 is 9.84 Å². The molecule has 2 N–H and O–H groups in total. The molecule has 2 aromatic carbocycles. The summed E-state index contributed by atoms with van der Waals surface area (Å²) in [6.45, 7) is 1.43. The van der Waals surface area contributed by atoms with Gasteiger partial charge in [-0.25, -0.2) is 8.42 Å². The second-order valence-electron chi connectivity index (χ2n) is 4.15. The maximum Gasteiger partial charge on any atom is 0.206 e. The highest BCUT2D eigenvalue weighted by Crippen LogP contribution is 2.22. The third-order valence-corrected chi connectivity index (χ3v) is 4.55. The average Bonchev–Trinajstić information content (AvgIpc) is 2.39. The molecule has 0 heterocycles. The molecule has 0 amide bonds. The van der Waals surface area contributed by atoms with Crippen LogP contribution in [0.1, 0.15) is 17.3 Å². The lowest BCUT2D eigenvalue weighted by Crippen LogP contribution is -2.03. The Labute approximate surface area is 111 Å². The average molecular weight is 275 g/mol. The Bertz CT molecular complexity index is 701. The molecule has 2 aromatic rings. The van der Waals surface area contributed by atoms with E-state index in [-0.39, 0.29) is 15.6 Å². The molecule has 0 atom stereocenters. The molecule has 0 aliphatic rings. The van der Waals surface area contributed by atoms with Gasteiger partial charge in [-0.05, 0) is 43.3 Å². The fourth-order valence-corrected chi connectivity index (χ4v) is 2.91. The van der Waals surface area contributed by atoms with E-state index in [4.69, 9.17) is 5.73 Å². The van der Waals surface area contributed by atoms with Gasteiger partial charge in [-0.3, -0.25) is 4.79 Å². The molecule has 0 unspecified atom stereocenters. The van der Waals surface area contributed by atoms with Crippen LogP contribution in [0.4, 0.5) is 5.69 Å². The number of carbonyl (C=O) groups excluding carboxylic acids is 1. The topological polar surface area (TPSA) is 77.2 Å². The number of benzene rings is 2. The minimum atomic E-state index is -3.57. The molecular formula is C14H13NO3S. The van der Waals surface area contributed by atoms with Gasteiger partial charge in [-0.1, -0.05) is 12.1 Å². The van der Waals surface area contributed by atoms with Crippen LogP contribution in [0.2, 0.25) is 0 Å². The fraction of sp³-hybridized carbons (Fsp3) is 0.0714. The molecule has 0 radical (unpaired) electrons. The van der Waals surface area contributed by atoms with Gasteiger partial charge in [0.05, 0.1) is 9.79 Å². The zero-order valence-corrected chi connectivity index (χ0v) is 11.1. The molecule has 0 aliphatic heterocycles. The first-order valence-corrected chi connectivity index (χ1v) is 7.11. The summed E-state index contributed by atoms with van der Waals surface area (Å²) >= 11 is 0. The predicted octanol–water partition coefficient (Wildman–Crippen LogP) is 2.30. The Hall–Kier alpha value is -2.14. The van der Waals surface area contributed by atoms with Crippen LogP contribution in [-0.2, 0) is 9.84 Å². The maximum absolute atomic E-state index is 12.3. The molecule has 4 nitrogen and oxygen atoms in total. The predicted molar refractivity (Wildman–Crippen MR) is 72.8 cm³/mol. The van der Waals surface area contributed by atoms with Gasteiger partial charge in [-0.2, -0.15) is 0 Å². The van der Waals surface area contributed by atoms with E-state index in [0.29, 0.717) is 11.3 Å². The lowest BCUT2D eigenvalue weighted by atomic mass is 10.2. The summed E-state index contributed by atoms with van der Waals surface area (Å²) in [6.07, 6.45) is 0. The number of hydrogen-bond acceptors (Lipinski definition) is 4. The second-order valence-corrected chi connectivity index (χ2v) is 6.10. The summed E-state index contributed by atoms with van der Waals surface area (Å²) in [5.74, 6) is -0.101. The smallest absolute Gasteiger partial charge is 0.206 e. The van der Waals surface area contributed by atoms with Crippen LogP contribution in [-0.4, -0.2) is 14.2 Å². The number of sulfone groups is 1. The SMILES string of the molecule is CC(=O)c1ccc(S(=O)(=O)c2ccc(N)cc2)cc1. The summed E-state index contributed by atoms with van der Waals surface area (Å²) in [5.41, 5.74) is 6.52. The molecule has 19 heavy (non-hydrogen) atoms. The number of Topliss-reactive ketones (excluding diaryl/α,β-unsaturated/α-hetero) is 1. The van der Waals surface area contributed by atoms with Gasteiger partial charge in [0.25, 0.3) is 0 Å². The van der Waals surface area contributed by atoms with Crippen LogP contribution in [0, 0.1) is 0 Å². The highest BCUT2D eigenvalue weighted by molar-refractivity contribution is 7.91. The van der Waals surface area contributed by atoms with E-state index >= 15 is 0 Å². The zero-order chi connectivity index (χ0) is 14.0. The van der Waals surface area contributed by atoms with Crippen LogP contribution in [0.15, 0.2) is 58.3 Å². The van der Waals surface area contributed by atoms with Gasteiger partial charge >= 0.3 is 0 Å². The first kappa shape index (κ1) is 13.3. The van der Waals surface area contributed by atoms with E-state index in [9.17, 15) is 13.2 Å². The van der Waals surface area contributed by atoms with Gasteiger partial charge in [-0.15, -0.1) is 0 Å². The summed E-state index contributed by atoms with van der Waals surface area (Å²) in [4.78, 5) is 11.5. The number of rotatable bonds is 3.